The van der Waals surface area contributed by atoms with Crippen molar-refractivity contribution < 1.29 is 0 Å². The van der Waals surface area contributed by atoms with Gasteiger partial charge < -0.3 is 16.8 Å². The number of aromatic nitrogens is 5. The maximum absolute atomic E-state index is 6.57. The van der Waals surface area contributed by atoms with E-state index in [2.05, 4.69) is 25.5 Å². The predicted octanol–water partition coefficient (Wildman–Crippen LogP) is 2.88. The highest BCUT2D eigenvalue weighted by Gasteiger charge is 2.46. The summed E-state index contributed by atoms with van der Waals surface area (Å²) in [5.74, 6) is 0.462. The van der Waals surface area contributed by atoms with E-state index in [0.717, 1.165) is 44.5 Å². The second kappa shape index (κ2) is 7.05. The van der Waals surface area contributed by atoms with Crippen molar-refractivity contribution in [1.29, 1.82) is 0 Å². The fourth-order valence-electron chi connectivity index (χ4n) is 4.90. The van der Waals surface area contributed by atoms with Gasteiger partial charge in [-0.1, -0.05) is 23.2 Å². The Hall–Kier alpha value is -2.00. The Morgan fingerprint density at radius 3 is 2.76 bits per heavy atom. The summed E-state index contributed by atoms with van der Waals surface area (Å²) in [7, 11) is 0. The molecule has 0 bridgehead atoms. The normalized spacial score (nSPS) is 23.8. The zero-order chi connectivity index (χ0) is 20.2. The SMILES string of the molecule is Nc1nc(Cl)cc(-c2[nH]nc3nc(C4CC(N)C5(CCNCC5)C4)cnc23)c1Cl. The van der Waals surface area contributed by atoms with Crippen LogP contribution in [0.15, 0.2) is 12.3 Å². The molecule has 3 aromatic heterocycles. The van der Waals surface area contributed by atoms with Crippen molar-refractivity contribution in [2.24, 2.45) is 11.1 Å². The third-order valence-corrected chi connectivity index (χ3v) is 7.09. The largest absolute Gasteiger partial charge is 0.382 e. The van der Waals surface area contributed by atoms with Gasteiger partial charge in [-0.25, -0.2) is 15.0 Å². The maximum atomic E-state index is 6.57. The first-order chi connectivity index (χ1) is 14.0. The number of anilines is 1. The van der Waals surface area contributed by atoms with Crippen LogP contribution in [0.2, 0.25) is 10.2 Å². The molecular weight excluding hydrogens is 411 g/mol. The number of hydrogen-bond donors (Lipinski definition) is 4. The Morgan fingerprint density at radius 2 is 1.97 bits per heavy atom. The quantitative estimate of drug-likeness (QED) is 0.457. The number of pyridine rings is 1. The fourth-order valence-corrected chi connectivity index (χ4v) is 5.29. The molecule has 2 aliphatic rings. The molecule has 1 spiro atoms. The van der Waals surface area contributed by atoms with Crippen molar-refractivity contribution in [2.45, 2.75) is 37.6 Å². The van der Waals surface area contributed by atoms with Crippen LogP contribution in [-0.2, 0) is 0 Å². The number of H-pyrrole nitrogens is 1. The van der Waals surface area contributed by atoms with Gasteiger partial charge in [-0.05, 0) is 50.3 Å². The van der Waals surface area contributed by atoms with Crippen LogP contribution in [0.1, 0.15) is 37.3 Å². The molecule has 4 heterocycles. The standard InChI is InChI=1S/C19H22Cl2N8/c20-13-6-10(14(21)17(23)27-13)15-16-18(29-28-15)26-11(8-25-16)9-5-12(22)19(7-9)1-3-24-4-2-19/h6,8-9,12,24H,1-5,7,22H2,(H2,23,27)(H,26,28,29). The Bertz CT molecular complexity index is 1080. The first-order valence-corrected chi connectivity index (χ1v) is 10.5. The van der Waals surface area contributed by atoms with Crippen LogP contribution in [0.25, 0.3) is 22.4 Å². The molecule has 0 aromatic carbocycles. The third-order valence-electron chi connectivity index (χ3n) is 6.50. The van der Waals surface area contributed by atoms with E-state index >= 15 is 0 Å². The summed E-state index contributed by atoms with van der Waals surface area (Å²) in [5.41, 5.74) is 16.0. The minimum absolute atomic E-state index is 0.161. The van der Waals surface area contributed by atoms with Gasteiger partial charge in [0.25, 0.3) is 0 Å². The Balaban J connectivity index is 1.49. The number of piperidine rings is 1. The van der Waals surface area contributed by atoms with Gasteiger partial charge in [0.15, 0.2) is 0 Å². The lowest BCUT2D eigenvalue weighted by molar-refractivity contribution is 0.181. The van der Waals surface area contributed by atoms with Crippen molar-refractivity contribution in [2.75, 3.05) is 18.8 Å². The molecule has 1 saturated heterocycles. The molecule has 1 saturated carbocycles. The molecular formula is C19H22Cl2N8. The summed E-state index contributed by atoms with van der Waals surface area (Å²) < 4.78 is 0. The van der Waals surface area contributed by atoms with Gasteiger partial charge >= 0.3 is 0 Å². The van der Waals surface area contributed by atoms with E-state index in [0.29, 0.717) is 33.4 Å². The van der Waals surface area contributed by atoms with E-state index < -0.39 is 0 Å². The molecule has 10 heteroatoms. The fraction of sp³-hybridized carbons (Fsp3) is 0.474. The first-order valence-electron chi connectivity index (χ1n) is 9.76. The maximum Gasteiger partial charge on any atom is 0.200 e. The van der Waals surface area contributed by atoms with Gasteiger partial charge in [-0.15, -0.1) is 0 Å². The van der Waals surface area contributed by atoms with Gasteiger partial charge in [0.2, 0.25) is 5.65 Å². The van der Waals surface area contributed by atoms with Crippen LogP contribution in [0.5, 0.6) is 0 Å². The number of aromatic amines is 1. The number of nitrogens with two attached hydrogens (primary N) is 2. The first kappa shape index (κ1) is 19.0. The van der Waals surface area contributed by atoms with Crippen LogP contribution in [0, 0.1) is 5.41 Å². The second-order valence-corrected chi connectivity index (χ2v) is 8.88. The van der Waals surface area contributed by atoms with E-state index in [1.54, 1.807) is 6.07 Å². The summed E-state index contributed by atoms with van der Waals surface area (Å²) in [6.45, 7) is 2.07. The van der Waals surface area contributed by atoms with Crippen molar-refractivity contribution in [3.05, 3.63) is 28.1 Å². The minimum atomic E-state index is 0.161. The summed E-state index contributed by atoms with van der Waals surface area (Å²) in [6.07, 6.45) is 6.06. The van der Waals surface area contributed by atoms with Crippen molar-refractivity contribution in [1.82, 2.24) is 30.5 Å². The number of fused-ring (bicyclic) bond motifs is 1. The Labute approximate surface area is 177 Å². The molecule has 0 radical (unpaired) electrons. The number of halogens is 2. The number of rotatable bonds is 2. The number of nitrogens with zero attached hydrogens (tertiary/aromatic N) is 4. The van der Waals surface area contributed by atoms with Gasteiger partial charge in [0, 0.05) is 23.7 Å². The van der Waals surface area contributed by atoms with Gasteiger partial charge in [0.05, 0.1) is 16.4 Å². The molecule has 1 aliphatic carbocycles. The molecule has 29 heavy (non-hydrogen) atoms. The Kier molecular flexibility index (Phi) is 4.62. The molecule has 0 amide bonds. The van der Waals surface area contributed by atoms with Crippen molar-refractivity contribution >= 4 is 40.2 Å². The highest BCUT2D eigenvalue weighted by molar-refractivity contribution is 6.37. The number of nitrogen functional groups attached to an aromatic ring is 1. The zero-order valence-corrected chi connectivity index (χ0v) is 17.3. The highest BCUT2D eigenvalue weighted by atomic mass is 35.5. The average molecular weight is 433 g/mol. The minimum Gasteiger partial charge on any atom is -0.382 e. The second-order valence-electron chi connectivity index (χ2n) is 8.11. The van der Waals surface area contributed by atoms with Crippen LogP contribution >= 0.6 is 23.2 Å². The molecule has 2 fully saturated rings. The lowest BCUT2D eigenvalue weighted by Gasteiger charge is -2.37. The van der Waals surface area contributed by atoms with Crippen LogP contribution in [-0.4, -0.2) is 44.3 Å². The van der Waals surface area contributed by atoms with E-state index in [1.165, 1.54) is 0 Å². The van der Waals surface area contributed by atoms with Gasteiger partial charge in [-0.3, -0.25) is 5.10 Å². The van der Waals surface area contributed by atoms with Crippen molar-refractivity contribution in [3.63, 3.8) is 0 Å². The zero-order valence-electron chi connectivity index (χ0n) is 15.8. The molecule has 6 N–H and O–H groups in total. The van der Waals surface area contributed by atoms with E-state index in [-0.39, 0.29) is 22.4 Å². The van der Waals surface area contributed by atoms with Crippen LogP contribution < -0.4 is 16.8 Å². The Morgan fingerprint density at radius 1 is 1.17 bits per heavy atom. The molecule has 3 aromatic rings. The monoisotopic (exact) mass is 432 g/mol. The van der Waals surface area contributed by atoms with E-state index in [9.17, 15) is 0 Å². The molecule has 8 nitrogen and oxygen atoms in total. The molecule has 2 atom stereocenters. The summed E-state index contributed by atoms with van der Waals surface area (Å²) in [4.78, 5) is 13.4. The lowest BCUT2D eigenvalue weighted by Crippen LogP contribution is -2.45. The summed E-state index contributed by atoms with van der Waals surface area (Å²) in [6, 6.07) is 1.84. The molecule has 1 aliphatic heterocycles. The summed E-state index contributed by atoms with van der Waals surface area (Å²) in [5, 5.41) is 11.3. The highest BCUT2D eigenvalue weighted by Crippen LogP contribution is 2.50. The number of nitrogens with one attached hydrogen (secondary N) is 2. The van der Waals surface area contributed by atoms with Crippen molar-refractivity contribution in [3.8, 4) is 11.3 Å². The number of hydrogen-bond acceptors (Lipinski definition) is 7. The molecule has 2 unspecified atom stereocenters. The van der Waals surface area contributed by atoms with Crippen LogP contribution in [0.4, 0.5) is 5.82 Å². The molecule has 5 rings (SSSR count). The van der Waals surface area contributed by atoms with E-state index in [4.69, 9.17) is 39.7 Å². The van der Waals surface area contributed by atoms with Crippen LogP contribution in [0.3, 0.4) is 0 Å². The summed E-state index contributed by atoms with van der Waals surface area (Å²) >= 11 is 12.4. The van der Waals surface area contributed by atoms with E-state index in [1.807, 2.05) is 6.20 Å². The van der Waals surface area contributed by atoms with Gasteiger partial charge in [0.1, 0.15) is 16.5 Å². The lowest BCUT2D eigenvalue weighted by atomic mass is 9.74. The topological polar surface area (TPSA) is 131 Å². The van der Waals surface area contributed by atoms with Gasteiger partial charge in [-0.2, -0.15) is 5.10 Å². The predicted molar refractivity (Wildman–Crippen MR) is 114 cm³/mol. The molecule has 152 valence electrons. The average Bonchev–Trinajstić information content (AvgIpc) is 3.26. The third kappa shape index (κ3) is 3.15. The smallest absolute Gasteiger partial charge is 0.200 e.